The van der Waals surface area contributed by atoms with Crippen LogP contribution in [0.4, 0.5) is 4.39 Å². The summed E-state index contributed by atoms with van der Waals surface area (Å²) < 4.78 is 20.8. The summed E-state index contributed by atoms with van der Waals surface area (Å²) in [6.07, 6.45) is 0. The van der Waals surface area contributed by atoms with E-state index >= 15 is 0 Å². The molecule has 5 aromatic rings. The molecule has 0 radical (unpaired) electrons. The van der Waals surface area contributed by atoms with Crippen LogP contribution in [0.5, 0.6) is 5.88 Å². The summed E-state index contributed by atoms with van der Waals surface area (Å²) in [6.45, 7) is 0.321. The summed E-state index contributed by atoms with van der Waals surface area (Å²) in [7, 11) is 0. The third-order valence-corrected chi connectivity index (χ3v) is 5.41. The van der Waals surface area contributed by atoms with Crippen LogP contribution in [0.3, 0.4) is 0 Å². The van der Waals surface area contributed by atoms with Gasteiger partial charge in [-0.1, -0.05) is 60.7 Å². The van der Waals surface area contributed by atoms with Crippen LogP contribution < -0.4 is 10.1 Å². The van der Waals surface area contributed by atoms with E-state index in [1.54, 1.807) is 72.8 Å². The van der Waals surface area contributed by atoms with Crippen LogP contribution in [0.1, 0.15) is 26.3 Å². The van der Waals surface area contributed by atoms with Crippen molar-refractivity contribution in [3.05, 3.63) is 114 Å². The fourth-order valence-electron chi connectivity index (χ4n) is 3.70. The maximum atomic E-state index is 13.6. The van der Waals surface area contributed by atoms with Crippen LogP contribution in [0.2, 0.25) is 0 Å². The number of fused-ring (bicyclic) bond motifs is 1. The molecule has 0 aliphatic carbocycles. The number of nitrogens with one attached hydrogen (secondary N) is 1. The van der Waals surface area contributed by atoms with Gasteiger partial charge in [-0.25, -0.2) is 4.39 Å². The van der Waals surface area contributed by atoms with Gasteiger partial charge in [0.1, 0.15) is 12.4 Å². The highest BCUT2D eigenvalue weighted by Gasteiger charge is 2.18. The minimum atomic E-state index is -0.389. The quantitative estimate of drug-likeness (QED) is 0.266. The molecule has 9 heteroatoms. The Hall–Kier alpha value is -4.92. The Labute approximate surface area is 205 Å². The highest BCUT2D eigenvalue weighted by molar-refractivity contribution is 6.15. The fraction of sp³-hybridized carbons (Fsp3) is 0.0741. The molecule has 0 fully saturated rings. The molecule has 2 heterocycles. The summed E-state index contributed by atoms with van der Waals surface area (Å²) in [5.74, 6) is -0.330. The van der Waals surface area contributed by atoms with Crippen LogP contribution in [0.15, 0.2) is 91.0 Å². The molecule has 5 rings (SSSR count). The lowest BCUT2D eigenvalue weighted by molar-refractivity contribution is 0.0936. The highest BCUT2D eigenvalue weighted by atomic mass is 19.1. The molecule has 178 valence electrons. The van der Waals surface area contributed by atoms with E-state index in [0.717, 1.165) is 0 Å². The van der Waals surface area contributed by atoms with Gasteiger partial charge < -0.3 is 10.1 Å². The number of hydrogen-bond acceptors (Lipinski definition) is 6. The number of amides is 1. The zero-order valence-corrected chi connectivity index (χ0v) is 19.0. The Morgan fingerprint density at radius 1 is 0.861 bits per heavy atom. The molecule has 0 unspecified atom stereocenters. The molecule has 2 aromatic heterocycles. The predicted molar refractivity (Wildman–Crippen MR) is 130 cm³/mol. The van der Waals surface area contributed by atoms with Crippen molar-refractivity contribution < 1.29 is 18.7 Å². The van der Waals surface area contributed by atoms with Gasteiger partial charge in [-0.2, -0.15) is 4.52 Å². The number of rotatable bonds is 8. The number of benzene rings is 3. The summed E-state index contributed by atoms with van der Waals surface area (Å²) >= 11 is 0. The zero-order valence-electron chi connectivity index (χ0n) is 19.0. The number of halogens is 1. The molecule has 0 aliphatic heterocycles. The number of nitrogens with zero attached hydrogens (tertiary/aromatic N) is 4. The van der Waals surface area contributed by atoms with Gasteiger partial charge in [0.25, 0.3) is 5.91 Å². The fourth-order valence-corrected chi connectivity index (χ4v) is 3.70. The number of carbonyl (C=O) groups excluding carboxylic acids is 2. The topological polar surface area (TPSA) is 98.5 Å². The monoisotopic (exact) mass is 481 g/mol. The van der Waals surface area contributed by atoms with Crippen molar-refractivity contribution in [1.29, 1.82) is 0 Å². The molecule has 0 atom stereocenters. The van der Waals surface area contributed by atoms with Crippen molar-refractivity contribution in [2.24, 2.45) is 0 Å². The lowest BCUT2D eigenvalue weighted by Gasteiger charge is -2.10. The van der Waals surface area contributed by atoms with Gasteiger partial charge in [-0.3, -0.25) is 9.59 Å². The first-order valence-corrected chi connectivity index (χ1v) is 11.2. The van der Waals surface area contributed by atoms with Crippen molar-refractivity contribution in [1.82, 2.24) is 25.1 Å². The Morgan fingerprint density at radius 2 is 1.64 bits per heavy atom. The second kappa shape index (κ2) is 10.1. The van der Waals surface area contributed by atoms with Crippen molar-refractivity contribution in [3.8, 4) is 17.3 Å². The first-order chi connectivity index (χ1) is 17.6. The first-order valence-electron chi connectivity index (χ1n) is 11.2. The van der Waals surface area contributed by atoms with Crippen LogP contribution in [0, 0.1) is 5.82 Å². The van der Waals surface area contributed by atoms with Gasteiger partial charge in [-0.15, -0.1) is 15.3 Å². The summed E-state index contributed by atoms with van der Waals surface area (Å²) in [5.41, 5.74) is 2.13. The van der Waals surface area contributed by atoms with Gasteiger partial charge in [0.05, 0.1) is 12.1 Å². The van der Waals surface area contributed by atoms with Gasteiger partial charge >= 0.3 is 0 Å². The molecule has 0 saturated heterocycles. The van der Waals surface area contributed by atoms with Gasteiger partial charge in [0, 0.05) is 22.8 Å². The van der Waals surface area contributed by atoms with E-state index in [1.807, 2.05) is 6.07 Å². The maximum absolute atomic E-state index is 13.6. The Balaban J connectivity index is 1.24. The minimum absolute atomic E-state index is 0.135. The smallest absolute Gasteiger partial charge is 0.252 e. The second-order valence-electron chi connectivity index (χ2n) is 7.82. The van der Waals surface area contributed by atoms with Gasteiger partial charge in [0.15, 0.2) is 17.3 Å². The number of hydrogen-bond donors (Lipinski definition) is 1. The van der Waals surface area contributed by atoms with Gasteiger partial charge in [0.2, 0.25) is 5.88 Å². The molecule has 1 amide bonds. The van der Waals surface area contributed by atoms with E-state index in [2.05, 4.69) is 20.6 Å². The molecule has 1 N–H and O–H groups in total. The molecule has 8 nitrogen and oxygen atoms in total. The third kappa shape index (κ3) is 4.80. The predicted octanol–water partition coefficient (Wildman–Crippen LogP) is 3.97. The highest BCUT2D eigenvalue weighted by Crippen LogP contribution is 2.20. The average molecular weight is 481 g/mol. The molecular weight excluding hydrogens is 461 g/mol. The molecule has 0 spiro atoms. The third-order valence-electron chi connectivity index (χ3n) is 5.41. The average Bonchev–Trinajstić information content (AvgIpc) is 3.34. The van der Waals surface area contributed by atoms with Crippen LogP contribution in [0.25, 0.3) is 17.0 Å². The molecule has 0 bridgehead atoms. The lowest BCUT2D eigenvalue weighted by Crippen LogP contribution is -2.29. The summed E-state index contributed by atoms with van der Waals surface area (Å²) in [6, 6.07) is 24.8. The van der Waals surface area contributed by atoms with Gasteiger partial charge in [-0.05, 0) is 24.3 Å². The van der Waals surface area contributed by atoms with E-state index in [0.29, 0.717) is 28.2 Å². The van der Waals surface area contributed by atoms with E-state index in [-0.39, 0.29) is 42.1 Å². The summed E-state index contributed by atoms with van der Waals surface area (Å²) in [4.78, 5) is 25.7. The number of ketones is 1. The molecule has 3 aromatic carbocycles. The van der Waals surface area contributed by atoms with Crippen LogP contribution >= 0.6 is 0 Å². The Kier molecular flexibility index (Phi) is 6.44. The van der Waals surface area contributed by atoms with Crippen molar-refractivity contribution >= 4 is 17.3 Å². The van der Waals surface area contributed by atoms with E-state index in [4.69, 9.17) is 4.74 Å². The number of aromatic nitrogens is 4. The second-order valence-corrected chi connectivity index (χ2v) is 7.82. The van der Waals surface area contributed by atoms with E-state index in [9.17, 15) is 14.0 Å². The normalized spacial score (nSPS) is 10.8. The standard InChI is InChI=1S/C27H20FN5O3/c28-20-10-6-9-19(17-20)26-31-30-23-13-14-24(32-33(23)26)36-16-15-29-27(35)22-12-5-4-11-21(22)25(34)18-7-2-1-3-8-18/h1-14,17H,15-16H2,(H,29,35). The minimum Gasteiger partial charge on any atom is -0.475 e. The maximum Gasteiger partial charge on any atom is 0.252 e. The van der Waals surface area contributed by atoms with Crippen LogP contribution in [-0.4, -0.2) is 44.7 Å². The van der Waals surface area contributed by atoms with Crippen molar-refractivity contribution in [2.75, 3.05) is 13.2 Å². The van der Waals surface area contributed by atoms with Crippen molar-refractivity contribution in [3.63, 3.8) is 0 Å². The Bertz CT molecular complexity index is 1550. The molecule has 0 saturated carbocycles. The zero-order chi connectivity index (χ0) is 24.9. The van der Waals surface area contributed by atoms with Crippen molar-refractivity contribution in [2.45, 2.75) is 0 Å². The molecular formula is C27H20FN5O3. The van der Waals surface area contributed by atoms with Crippen LogP contribution in [-0.2, 0) is 0 Å². The molecule has 36 heavy (non-hydrogen) atoms. The SMILES string of the molecule is O=C(NCCOc1ccc2nnc(-c3cccc(F)c3)n2n1)c1ccccc1C(=O)c1ccccc1. The largest absolute Gasteiger partial charge is 0.475 e. The Morgan fingerprint density at radius 3 is 2.44 bits per heavy atom. The first kappa shape index (κ1) is 22.9. The number of ether oxygens (including phenoxy) is 1. The number of carbonyl (C=O) groups is 2. The van der Waals surface area contributed by atoms with E-state index < -0.39 is 0 Å². The summed E-state index contributed by atoms with van der Waals surface area (Å²) in [5, 5.41) is 15.3. The lowest BCUT2D eigenvalue weighted by atomic mass is 9.98. The van der Waals surface area contributed by atoms with E-state index in [1.165, 1.54) is 16.6 Å². The molecule has 0 aliphatic rings.